The van der Waals surface area contributed by atoms with Crippen molar-refractivity contribution >= 4 is 5.91 Å². The van der Waals surface area contributed by atoms with Crippen LogP contribution in [-0.2, 0) is 14.3 Å². The smallest absolute Gasteiger partial charge is 0.249 e. The summed E-state index contributed by atoms with van der Waals surface area (Å²) in [6, 6.07) is -1.01. The average molecular weight is 836 g/mol. The molecule has 1 saturated heterocycles. The molecule has 3 unspecified atom stereocenters. The maximum absolute atomic E-state index is 13.1. The van der Waals surface area contributed by atoms with Crippen LogP contribution in [0.15, 0.2) is 48.1 Å². The summed E-state index contributed by atoms with van der Waals surface area (Å²) in [4.78, 5) is 13.1. The zero-order chi connectivity index (χ0) is 43.4. The molecule has 1 aliphatic rings. The van der Waals surface area contributed by atoms with Gasteiger partial charge in [0.1, 0.15) is 30.5 Å². The van der Waals surface area contributed by atoms with Crippen LogP contribution in [0.2, 0.25) is 0 Å². The van der Waals surface area contributed by atoms with Crippen LogP contribution < -0.4 is 5.32 Å². The number of ether oxygens (including phenoxy) is 2. The molecule has 0 aliphatic carbocycles. The van der Waals surface area contributed by atoms with Crippen LogP contribution in [0.3, 0.4) is 0 Å². The summed E-state index contributed by atoms with van der Waals surface area (Å²) in [5.74, 6) is -0.635. The number of rotatable bonds is 38. The van der Waals surface area contributed by atoms with Crippen molar-refractivity contribution in [1.29, 1.82) is 0 Å². The summed E-state index contributed by atoms with van der Waals surface area (Å²) in [5, 5.41) is 64.7. The number of carbonyl (C=O) groups excluding carboxylic acids is 1. The fraction of sp³-hybridized carbons (Fsp3) is 0.816. The SMILES string of the molecule is CCCCCCC/C=C/C(C)=C/CC/C=C/C(O)C(CO[C@@H]1O[C@H](CO)[C@@H](O)[C@H](O)[C@H]1O)NC(=O)C(O)CCCCCCCCCCCC/C=C\CCCCCCCC. The van der Waals surface area contributed by atoms with Gasteiger partial charge in [-0.3, -0.25) is 4.79 Å². The van der Waals surface area contributed by atoms with Crippen LogP contribution in [0.1, 0.15) is 194 Å². The summed E-state index contributed by atoms with van der Waals surface area (Å²) in [7, 11) is 0. The first-order valence-electron chi connectivity index (χ1n) is 23.9. The molecule has 10 heteroatoms. The highest BCUT2D eigenvalue weighted by atomic mass is 16.7. The van der Waals surface area contributed by atoms with Gasteiger partial charge in [-0.15, -0.1) is 0 Å². The Morgan fingerprint density at radius 3 is 1.69 bits per heavy atom. The second kappa shape index (κ2) is 37.8. The first-order chi connectivity index (χ1) is 28.7. The van der Waals surface area contributed by atoms with E-state index in [-0.39, 0.29) is 6.61 Å². The molecular formula is C49H89NO9. The summed E-state index contributed by atoms with van der Waals surface area (Å²) in [5.41, 5.74) is 1.18. The predicted octanol–water partition coefficient (Wildman–Crippen LogP) is 9.20. The van der Waals surface area contributed by atoms with Crippen molar-refractivity contribution in [2.45, 2.75) is 243 Å². The number of hydrogen-bond acceptors (Lipinski definition) is 9. The Morgan fingerprint density at radius 1 is 0.644 bits per heavy atom. The van der Waals surface area contributed by atoms with Crippen LogP contribution in [0.4, 0.5) is 0 Å². The highest BCUT2D eigenvalue weighted by Crippen LogP contribution is 2.23. The van der Waals surface area contributed by atoms with Crippen molar-refractivity contribution in [2.24, 2.45) is 0 Å². The molecule has 0 radical (unpaired) electrons. The molecule has 0 aromatic carbocycles. The molecule has 1 rings (SSSR count). The Morgan fingerprint density at radius 2 is 1.15 bits per heavy atom. The van der Waals surface area contributed by atoms with E-state index in [1.165, 1.54) is 128 Å². The van der Waals surface area contributed by atoms with Gasteiger partial charge in [0.2, 0.25) is 5.91 Å². The molecule has 0 aromatic rings. The Labute approximate surface area is 359 Å². The zero-order valence-electron chi connectivity index (χ0n) is 37.6. The third kappa shape index (κ3) is 28.4. The molecule has 59 heavy (non-hydrogen) atoms. The molecule has 7 N–H and O–H groups in total. The van der Waals surface area contributed by atoms with Gasteiger partial charge in [0.05, 0.1) is 25.4 Å². The van der Waals surface area contributed by atoms with E-state index in [1.54, 1.807) is 6.08 Å². The van der Waals surface area contributed by atoms with Gasteiger partial charge < -0.3 is 45.4 Å². The Hall–Kier alpha value is -1.89. The minimum absolute atomic E-state index is 0.296. The van der Waals surface area contributed by atoms with Crippen molar-refractivity contribution in [3.8, 4) is 0 Å². The standard InChI is InChI=1S/C49H89NO9/c1-4-6-8-10-12-13-14-15-16-17-18-19-20-21-22-23-24-26-28-32-37-43(53)48(57)50-41(39-58-49-47(56)46(55)45(54)44(38-51)59-49)42(52)36-33-29-31-35-40(3)34-30-27-25-11-9-7-5-2/h15-16,30,33-36,41-47,49,51-56H,4-14,17-29,31-32,37-39H2,1-3H3,(H,50,57)/b16-15-,34-30+,36-33+,40-35+/t41?,42?,43?,44-,45-,46+,47-,49-/m1/s1. The number of nitrogens with one attached hydrogen (secondary N) is 1. The lowest BCUT2D eigenvalue weighted by Crippen LogP contribution is -2.60. The molecule has 1 amide bonds. The predicted molar refractivity (Wildman–Crippen MR) is 241 cm³/mol. The number of unbranched alkanes of at least 4 members (excludes halogenated alkanes) is 22. The third-order valence-corrected chi connectivity index (χ3v) is 11.3. The van der Waals surface area contributed by atoms with Gasteiger partial charge in [-0.1, -0.05) is 178 Å². The van der Waals surface area contributed by atoms with E-state index in [2.05, 4.69) is 56.5 Å². The minimum atomic E-state index is -1.62. The van der Waals surface area contributed by atoms with Gasteiger partial charge in [-0.05, 0) is 64.7 Å². The normalized spacial score (nSPS) is 21.8. The number of aliphatic hydroxyl groups is 6. The van der Waals surface area contributed by atoms with Gasteiger partial charge in [0.15, 0.2) is 6.29 Å². The van der Waals surface area contributed by atoms with Crippen molar-refractivity contribution < 1.29 is 44.9 Å². The lowest BCUT2D eigenvalue weighted by atomic mass is 9.99. The molecule has 10 nitrogen and oxygen atoms in total. The summed E-state index contributed by atoms with van der Waals surface area (Å²) < 4.78 is 11.1. The average Bonchev–Trinajstić information content (AvgIpc) is 3.23. The topological polar surface area (TPSA) is 169 Å². The van der Waals surface area contributed by atoms with Crippen molar-refractivity contribution in [3.05, 3.63) is 48.1 Å². The van der Waals surface area contributed by atoms with Crippen LogP contribution in [0.25, 0.3) is 0 Å². The van der Waals surface area contributed by atoms with Crippen molar-refractivity contribution in [3.63, 3.8) is 0 Å². The van der Waals surface area contributed by atoms with Crippen LogP contribution in [-0.4, -0.2) is 98.7 Å². The summed E-state index contributed by atoms with van der Waals surface area (Å²) >= 11 is 0. The Kier molecular flexibility index (Phi) is 35.4. The highest BCUT2D eigenvalue weighted by molar-refractivity contribution is 5.80. The third-order valence-electron chi connectivity index (χ3n) is 11.3. The molecule has 0 aromatic heterocycles. The van der Waals surface area contributed by atoms with Crippen molar-refractivity contribution in [2.75, 3.05) is 13.2 Å². The molecule has 0 saturated carbocycles. The van der Waals surface area contributed by atoms with Crippen LogP contribution in [0.5, 0.6) is 0 Å². The lowest BCUT2D eigenvalue weighted by molar-refractivity contribution is -0.302. The summed E-state index contributed by atoms with van der Waals surface area (Å²) in [6.45, 7) is 5.61. The number of allylic oxidation sites excluding steroid dienone is 7. The van der Waals surface area contributed by atoms with Crippen LogP contribution >= 0.6 is 0 Å². The monoisotopic (exact) mass is 836 g/mol. The molecule has 344 valence electrons. The van der Waals surface area contributed by atoms with Gasteiger partial charge in [0.25, 0.3) is 0 Å². The number of carbonyl (C=O) groups is 1. The molecule has 1 aliphatic heterocycles. The van der Waals surface area contributed by atoms with Gasteiger partial charge in [-0.2, -0.15) is 0 Å². The van der Waals surface area contributed by atoms with E-state index in [4.69, 9.17) is 9.47 Å². The second-order valence-corrected chi connectivity index (χ2v) is 16.9. The number of hydrogen-bond donors (Lipinski definition) is 7. The Bertz CT molecular complexity index is 1110. The van der Waals surface area contributed by atoms with E-state index in [0.29, 0.717) is 19.3 Å². The van der Waals surface area contributed by atoms with Crippen molar-refractivity contribution in [1.82, 2.24) is 5.32 Å². The fourth-order valence-corrected chi connectivity index (χ4v) is 7.31. The van der Waals surface area contributed by atoms with Gasteiger partial charge in [0, 0.05) is 0 Å². The molecule has 0 spiro atoms. The van der Waals surface area contributed by atoms with E-state index in [1.807, 2.05) is 6.08 Å². The van der Waals surface area contributed by atoms with Gasteiger partial charge >= 0.3 is 0 Å². The first kappa shape index (κ1) is 55.1. The molecule has 1 heterocycles. The maximum atomic E-state index is 13.1. The lowest BCUT2D eigenvalue weighted by Gasteiger charge is -2.40. The van der Waals surface area contributed by atoms with E-state index in [9.17, 15) is 35.4 Å². The number of amides is 1. The highest BCUT2D eigenvalue weighted by Gasteiger charge is 2.44. The van der Waals surface area contributed by atoms with Gasteiger partial charge in [-0.25, -0.2) is 0 Å². The fourth-order valence-electron chi connectivity index (χ4n) is 7.31. The first-order valence-corrected chi connectivity index (χ1v) is 23.9. The second-order valence-electron chi connectivity index (χ2n) is 16.9. The summed E-state index contributed by atoms with van der Waals surface area (Å²) in [6.07, 6.45) is 35.9. The number of aliphatic hydroxyl groups excluding tert-OH is 6. The van der Waals surface area contributed by atoms with E-state index >= 15 is 0 Å². The van der Waals surface area contributed by atoms with Crippen LogP contribution in [0, 0.1) is 0 Å². The van der Waals surface area contributed by atoms with E-state index in [0.717, 1.165) is 32.1 Å². The van der Waals surface area contributed by atoms with E-state index < -0.39 is 61.5 Å². The molecule has 8 atom stereocenters. The largest absolute Gasteiger partial charge is 0.394 e. The zero-order valence-corrected chi connectivity index (χ0v) is 37.6. The quantitative estimate of drug-likeness (QED) is 0.0182. The molecule has 0 bridgehead atoms. The molecular weight excluding hydrogens is 747 g/mol. The Balaban J connectivity index is 2.44. The maximum Gasteiger partial charge on any atom is 0.249 e. The minimum Gasteiger partial charge on any atom is -0.394 e. The molecule has 1 fully saturated rings.